The van der Waals surface area contributed by atoms with Crippen LogP contribution in [0.5, 0.6) is 5.75 Å². The predicted octanol–water partition coefficient (Wildman–Crippen LogP) is 3.64. The van der Waals surface area contributed by atoms with E-state index in [2.05, 4.69) is 33.0 Å². The first-order valence-corrected chi connectivity index (χ1v) is 9.44. The molecule has 7 heteroatoms. The molecule has 1 aliphatic rings. The predicted molar refractivity (Wildman–Crippen MR) is 102 cm³/mol. The van der Waals surface area contributed by atoms with Gasteiger partial charge in [-0.15, -0.1) is 0 Å². The van der Waals surface area contributed by atoms with E-state index in [0.29, 0.717) is 23.3 Å². The Morgan fingerprint density at radius 1 is 1.31 bits per heavy atom. The van der Waals surface area contributed by atoms with Crippen molar-refractivity contribution in [2.45, 2.75) is 26.2 Å². The van der Waals surface area contributed by atoms with Crippen LogP contribution in [0.3, 0.4) is 0 Å². The minimum Gasteiger partial charge on any atom is -0.492 e. The summed E-state index contributed by atoms with van der Waals surface area (Å²) in [6.45, 7) is 4.69. The number of hydrogen-bond acceptors (Lipinski definition) is 5. The van der Waals surface area contributed by atoms with E-state index < -0.39 is 0 Å². The molecule has 0 aliphatic carbocycles. The van der Waals surface area contributed by atoms with Crippen LogP contribution in [0.1, 0.15) is 25.5 Å². The molecular weight excluding hydrogens is 350 g/mol. The van der Waals surface area contributed by atoms with E-state index in [-0.39, 0.29) is 0 Å². The highest BCUT2D eigenvalue weighted by Gasteiger charge is 2.23. The standard InChI is InChI=1S/C19H22ClN5O/c1-2-15-10-18(25-19(23-15)21-13-22-25)24-9-5-6-14(11-24)12-26-17-8-4-3-7-16(17)20/h3-4,7-8,10,13-14H,2,5-6,9,11-12H2,1H3. The molecule has 0 spiro atoms. The molecule has 1 unspecified atom stereocenters. The SMILES string of the molecule is CCc1cc(N2CCCC(COc3ccccc3Cl)C2)n2ncnc2n1. The van der Waals surface area contributed by atoms with E-state index in [0.717, 1.165) is 49.6 Å². The summed E-state index contributed by atoms with van der Waals surface area (Å²) in [5.74, 6) is 2.92. The van der Waals surface area contributed by atoms with Crippen molar-refractivity contribution in [2.75, 3.05) is 24.6 Å². The number of para-hydroxylation sites is 1. The molecule has 26 heavy (non-hydrogen) atoms. The van der Waals surface area contributed by atoms with Crippen molar-refractivity contribution >= 4 is 23.2 Å². The highest BCUT2D eigenvalue weighted by atomic mass is 35.5. The van der Waals surface area contributed by atoms with Gasteiger partial charge in [-0.2, -0.15) is 14.6 Å². The molecule has 0 radical (unpaired) electrons. The number of aromatic nitrogens is 4. The average molecular weight is 372 g/mol. The minimum atomic E-state index is 0.442. The zero-order valence-electron chi connectivity index (χ0n) is 14.8. The first-order valence-electron chi connectivity index (χ1n) is 9.06. The molecule has 1 aliphatic heterocycles. The molecule has 1 fully saturated rings. The van der Waals surface area contributed by atoms with Crippen molar-refractivity contribution in [2.24, 2.45) is 5.92 Å². The summed E-state index contributed by atoms with van der Waals surface area (Å²) in [4.78, 5) is 11.2. The van der Waals surface area contributed by atoms with Gasteiger partial charge in [-0.1, -0.05) is 30.7 Å². The second-order valence-corrected chi connectivity index (χ2v) is 7.03. The van der Waals surface area contributed by atoms with Gasteiger partial charge < -0.3 is 9.64 Å². The second kappa shape index (κ2) is 7.50. The Hall–Kier alpha value is -2.34. The van der Waals surface area contributed by atoms with Gasteiger partial charge in [0.1, 0.15) is 17.9 Å². The molecule has 0 saturated carbocycles. The number of ether oxygens (including phenoxy) is 1. The number of fused-ring (bicyclic) bond motifs is 1. The van der Waals surface area contributed by atoms with Crippen LogP contribution < -0.4 is 9.64 Å². The summed E-state index contributed by atoms with van der Waals surface area (Å²) in [6, 6.07) is 9.75. The van der Waals surface area contributed by atoms with E-state index in [1.54, 1.807) is 6.33 Å². The van der Waals surface area contributed by atoms with E-state index >= 15 is 0 Å². The van der Waals surface area contributed by atoms with Gasteiger partial charge in [0.05, 0.1) is 11.6 Å². The van der Waals surface area contributed by atoms with Crippen LogP contribution in [0, 0.1) is 5.92 Å². The molecule has 1 aromatic carbocycles. The van der Waals surface area contributed by atoms with Gasteiger partial charge in [-0.3, -0.25) is 0 Å². The Morgan fingerprint density at radius 2 is 2.19 bits per heavy atom. The molecule has 0 amide bonds. The number of anilines is 1. The Morgan fingerprint density at radius 3 is 3.04 bits per heavy atom. The molecule has 3 aromatic rings. The van der Waals surface area contributed by atoms with Crippen LogP contribution in [0.25, 0.3) is 5.78 Å². The van der Waals surface area contributed by atoms with Crippen LogP contribution in [-0.2, 0) is 6.42 Å². The van der Waals surface area contributed by atoms with Gasteiger partial charge >= 0.3 is 0 Å². The number of piperidine rings is 1. The second-order valence-electron chi connectivity index (χ2n) is 6.63. The van der Waals surface area contributed by atoms with Crippen molar-refractivity contribution in [3.8, 4) is 5.75 Å². The van der Waals surface area contributed by atoms with Crippen LogP contribution >= 0.6 is 11.6 Å². The van der Waals surface area contributed by atoms with Gasteiger partial charge in [0.2, 0.25) is 0 Å². The fourth-order valence-electron chi connectivity index (χ4n) is 3.43. The summed E-state index contributed by atoms with van der Waals surface area (Å²) >= 11 is 6.19. The fourth-order valence-corrected chi connectivity index (χ4v) is 3.62. The van der Waals surface area contributed by atoms with Crippen molar-refractivity contribution in [1.82, 2.24) is 19.6 Å². The maximum absolute atomic E-state index is 6.19. The first-order chi connectivity index (χ1) is 12.7. The van der Waals surface area contributed by atoms with E-state index in [9.17, 15) is 0 Å². The van der Waals surface area contributed by atoms with E-state index in [1.807, 2.05) is 28.8 Å². The maximum atomic E-state index is 6.19. The van der Waals surface area contributed by atoms with Crippen molar-refractivity contribution in [1.29, 1.82) is 0 Å². The summed E-state index contributed by atoms with van der Waals surface area (Å²) in [7, 11) is 0. The summed E-state index contributed by atoms with van der Waals surface area (Å²) in [6.07, 6.45) is 4.71. The quantitative estimate of drug-likeness (QED) is 0.685. The zero-order chi connectivity index (χ0) is 17.9. The molecule has 0 N–H and O–H groups in total. The van der Waals surface area contributed by atoms with Gasteiger partial charge in [-0.25, -0.2) is 4.98 Å². The van der Waals surface area contributed by atoms with Crippen LogP contribution in [0.4, 0.5) is 5.82 Å². The Labute approximate surface area is 157 Å². The minimum absolute atomic E-state index is 0.442. The molecule has 1 saturated heterocycles. The summed E-state index contributed by atoms with van der Waals surface area (Å²) in [5.41, 5.74) is 1.04. The highest BCUT2D eigenvalue weighted by molar-refractivity contribution is 6.32. The van der Waals surface area contributed by atoms with Gasteiger partial charge in [0.15, 0.2) is 0 Å². The number of nitrogens with zero attached hydrogens (tertiary/aromatic N) is 5. The third kappa shape index (κ3) is 3.46. The monoisotopic (exact) mass is 371 g/mol. The number of benzene rings is 1. The molecule has 1 atom stereocenters. The fraction of sp³-hybridized carbons (Fsp3) is 0.421. The summed E-state index contributed by atoms with van der Waals surface area (Å²) < 4.78 is 7.80. The van der Waals surface area contributed by atoms with Crippen LogP contribution in [0.2, 0.25) is 5.02 Å². The molecule has 2 aromatic heterocycles. The van der Waals surface area contributed by atoms with E-state index in [1.165, 1.54) is 0 Å². The maximum Gasteiger partial charge on any atom is 0.254 e. The van der Waals surface area contributed by atoms with Crippen molar-refractivity contribution < 1.29 is 4.74 Å². The third-order valence-electron chi connectivity index (χ3n) is 4.80. The van der Waals surface area contributed by atoms with E-state index in [4.69, 9.17) is 16.3 Å². The Kier molecular flexibility index (Phi) is 4.93. The van der Waals surface area contributed by atoms with Crippen molar-refractivity contribution in [3.63, 3.8) is 0 Å². The lowest BCUT2D eigenvalue weighted by Crippen LogP contribution is -2.39. The Balaban J connectivity index is 1.50. The molecule has 6 nitrogen and oxygen atoms in total. The number of aryl methyl sites for hydroxylation is 1. The highest BCUT2D eigenvalue weighted by Crippen LogP contribution is 2.27. The lowest BCUT2D eigenvalue weighted by molar-refractivity contribution is 0.228. The number of halogens is 1. The first kappa shape index (κ1) is 17.1. The third-order valence-corrected chi connectivity index (χ3v) is 5.11. The normalized spacial score (nSPS) is 17.6. The number of hydrogen-bond donors (Lipinski definition) is 0. The molecule has 0 bridgehead atoms. The number of rotatable bonds is 5. The van der Waals surface area contributed by atoms with Gasteiger partial charge in [0, 0.05) is 30.8 Å². The van der Waals surface area contributed by atoms with Crippen molar-refractivity contribution in [3.05, 3.63) is 47.4 Å². The smallest absolute Gasteiger partial charge is 0.254 e. The lowest BCUT2D eigenvalue weighted by atomic mass is 9.99. The van der Waals surface area contributed by atoms with Gasteiger partial charge in [-0.05, 0) is 31.4 Å². The largest absolute Gasteiger partial charge is 0.492 e. The lowest BCUT2D eigenvalue weighted by Gasteiger charge is -2.34. The zero-order valence-corrected chi connectivity index (χ0v) is 15.6. The Bertz CT molecular complexity index is 897. The molecule has 4 rings (SSSR count). The summed E-state index contributed by atoms with van der Waals surface area (Å²) in [5, 5.41) is 5.01. The van der Waals surface area contributed by atoms with Crippen LogP contribution in [-0.4, -0.2) is 39.3 Å². The topological polar surface area (TPSA) is 55.6 Å². The average Bonchev–Trinajstić information content (AvgIpc) is 3.15. The van der Waals surface area contributed by atoms with Crippen LogP contribution in [0.15, 0.2) is 36.7 Å². The molecule has 3 heterocycles. The molecule has 136 valence electrons. The molecular formula is C19H22ClN5O. The van der Waals surface area contributed by atoms with Gasteiger partial charge in [0.25, 0.3) is 5.78 Å².